The predicted molar refractivity (Wildman–Crippen MR) is 178 cm³/mol. The van der Waals surface area contributed by atoms with Gasteiger partial charge in [0.1, 0.15) is 0 Å². The third-order valence-corrected chi connectivity index (χ3v) is 8.85. The number of aromatic nitrogens is 4. The van der Waals surface area contributed by atoms with Gasteiger partial charge >= 0.3 is 0 Å². The van der Waals surface area contributed by atoms with Crippen LogP contribution in [0.25, 0.3) is 77.7 Å². The first kappa shape index (κ1) is 25.0. The van der Waals surface area contributed by atoms with Gasteiger partial charge in [-0.15, -0.1) is 11.3 Å². The lowest BCUT2D eigenvalue weighted by Crippen LogP contribution is -1.97. The fourth-order valence-electron chi connectivity index (χ4n) is 6.02. The zero-order chi connectivity index (χ0) is 28.1. The smallest absolute Gasteiger partial charge is 0.0571 e. The molecule has 0 bridgehead atoms. The molecule has 0 radical (unpaired) electrons. The molecule has 2 aromatic carbocycles. The van der Waals surface area contributed by atoms with Gasteiger partial charge in [0.15, 0.2) is 0 Å². The Labute approximate surface area is 242 Å². The van der Waals surface area contributed by atoms with Crippen LogP contribution in [-0.2, 0) is 0 Å². The van der Waals surface area contributed by atoms with Crippen LogP contribution in [0.3, 0.4) is 0 Å². The van der Waals surface area contributed by atoms with E-state index in [9.17, 15) is 0 Å². The highest BCUT2D eigenvalue weighted by molar-refractivity contribution is 7.25. The maximum Gasteiger partial charge on any atom is 0.0571 e. The van der Waals surface area contributed by atoms with Gasteiger partial charge in [0.05, 0.1) is 22.4 Å². The first-order chi connectivity index (χ1) is 20.2. The Hall–Kier alpha value is -5.00. The van der Waals surface area contributed by atoms with Crippen molar-refractivity contribution in [2.24, 2.45) is 0 Å². The molecule has 0 N–H and O–H groups in total. The zero-order valence-electron chi connectivity index (χ0n) is 23.0. The number of hydrogen-bond donors (Lipinski definition) is 0. The van der Waals surface area contributed by atoms with Crippen LogP contribution in [0.15, 0.2) is 98.6 Å². The summed E-state index contributed by atoms with van der Waals surface area (Å²) >= 11 is 1.83. The van der Waals surface area contributed by atoms with Crippen molar-refractivity contribution >= 4 is 77.6 Å². The highest BCUT2D eigenvalue weighted by Crippen LogP contribution is 2.39. The van der Waals surface area contributed by atoms with Gasteiger partial charge in [0.25, 0.3) is 0 Å². The first-order valence-electron chi connectivity index (χ1n) is 13.6. The third-order valence-electron chi connectivity index (χ3n) is 7.70. The Morgan fingerprint density at radius 2 is 1.10 bits per heavy atom. The fourth-order valence-corrected chi connectivity index (χ4v) is 7.08. The zero-order valence-corrected chi connectivity index (χ0v) is 23.8. The molecule has 0 atom stereocenters. The van der Waals surface area contributed by atoms with Gasteiger partial charge in [-0.25, -0.2) is 0 Å². The van der Waals surface area contributed by atoms with Crippen LogP contribution in [0.4, 0.5) is 0 Å². The molecule has 4 nitrogen and oxygen atoms in total. The molecule has 0 saturated carbocycles. The van der Waals surface area contributed by atoms with Crippen LogP contribution in [0, 0.1) is 0 Å². The molecule has 0 spiro atoms. The molecule has 198 valence electrons. The second kappa shape index (κ2) is 9.88. The van der Waals surface area contributed by atoms with E-state index in [1.165, 1.54) is 20.2 Å². The van der Waals surface area contributed by atoms with E-state index >= 15 is 0 Å². The van der Waals surface area contributed by atoms with E-state index < -0.39 is 0 Å². The third kappa shape index (κ3) is 3.74. The highest BCUT2D eigenvalue weighted by Gasteiger charge is 2.18. The molecule has 0 aliphatic rings. The van der Waals surface area contributed by atoms with Gasteiger partial charge in [-0.05, 0) is 74.5 Å². The molecule has 0 fully saturated rings. The van der Waals surface area contributed by atoms with Crippen LogP contribution in [0.5, 0.6) is 0 Å². The van der Waals surface area contributed by atoms with E-state index in [0.717, 1.165) is 55.7 Å². The normalized spacial score (nSPS) is 12.1. The van der Waals surface area contributed by atoms with Crippen molar-refractivity contribution in [3.05, 3.63) is 121 Å². The lowest BCUT2D eigenvalue weighted by atomic mass is 10.1. The molecule has 5 aromatic heterocycles. The van der Waals surface area contributed by atoms with Crippen molar-refractivity contribution in [2.45, 2.75) is 13.8 Å². The van der Waals surface area contributed by atoms with Gasteiger partial charge in [-0.3, -0.25) is 9.97 Å². The van der Waals surface area contributed by atoms with E-state index in [-0.39, 0.29) is 0 Å². The molecule has 7 rings (SSSR count). The van der Waals surface area contributed by atoms with Gasteiger partial charge in [-0.2, -0.15) is 0 Å². The van der Waals surface area contributed by atoms with Crippen LogP contribution in [0.1, 0.15) is 36.4 Å². The summed E-state index contributed by atoms with van der Waals surface area (Å²) in [6.07, 6.45) is 19.9. The standard InChI is InChI=1S/C36H28N4S/c1-5-9-31-25(7-3)29-21-37-17-15-33(29)39(31)23-11-13-35-27(19-23)28-20-24(12-14-36(28)41-35)40-32(10-6-2)26(8-4)30-22-38-18-16-34(30)40/h5-22H,3-4H2,1-2H3/b9-5-,10-6-. The Bertz CT molecular complexity index is 2060. The van der Waals surface area contributed by atoms with Crippen LogP contribution < -0.4 is 0 Å². The van der Waals surface area contributed by atoms with Crippen LogP contribution in [-0.4, -0.2) is 19.1 Å². The quantitative estimate of drug-likeness (QED) is 0.207. The Morgan fingerprint density at radius 3 is 1.51 bits per heavy atom. The van der Waals surface area contributed by atoms with Crippen molar-refractivity contribution in [2.75, 3.05) is 0 Å². The molecule has 0 unspecified atom stereocenters. The van der Waals surface area contributed by atoms with Crippen LogP contribution in [0.2, 0.25) is 0 Å². The Morgan fingerprint density at radius 1 is 0.634 bits per heavy atom. The number of allylic oxidation sites excluding steroid dienone is 2. The minimum atomic E-state index is 1.09. The summed E-state index contributed by atoms with van der Waals surface area (Å²) < 4.78 is 7.15. The second-order valence-electron chi connectivity index (χ2n) is 9.93. The van der Waals surface area contributed by atoms with Gasteiger partial charge in [-0.1, -0.05) is 37.5 Å². The minimum absolute atomic E-state index is 1.09. The molecular weight excluding hydrogens is 520 g/mol. The average molecular weight is 549 g/mol. The lowest BCUT2D eigenvalue weighted by molar-refractivity contribution is 1.11. The molecule has 5 heterocycles. The Balaban J connectivity index is 1.50. The van der Waals surface area contributed by atoms with Crippen molar-refractivity contribution in [1.29, 1.82) is 0 Å². The molecule has 7 aromatic rings. The van der Waals surface area contributed by atoms with Crippen molar-refractivity contribution < 1.29 is 0 Å². The lowest BCUT2D eigenvalue weighted by Gasteiger charge is -2.11. The molecule has 0 saturated heterocycles. The number of hydrogen-bond acceptors (Lipinski definition) is 3. The van der Waals surface area contributed by atoms with Gasteiger partial charge < -0.3 is 9.13 Å². The number of benzene rings is 2. The SMILES string of the molecule is C=Cc1c(/C=C\C)n(-c2ccc3sc4ccc(-n5c(/C=C\C)c(C=C)c6cnccc65)cc4c3c2)c2ccncc12. The van der Waals surface area contributed by atoms with E-state index in [2.05, 4.69) is 105 Å². The summed E-state index contributed by atoms with van der Waals surface area (Å²) in [6, 6.07) is 17.7. The monoisotopic (exact) mass is 548 g/mol. The summed E-state index contributed by atoms with van der Waals surface area (Å²) in [5.74, 6) is 0. The average Bonchev–Trinajstić information content (AvgIpc) is 3.63. The summed E-state index contributed by atoms with van der Waals surface area (Å²) in [6.45, 7) is 12.3. The number of fused-ring (bicyclic) bond motifs is 5. The first-order valence-corrected chi connectivity index (χ1v) is 14.4. The van der Waals surface area contributed by atoms with E-state index in [1.807, 2.05) is 62.1 Å². The number of nitrogens with zero attached hydrogens (tertiary/aromatic N) is 4. The summed E-state index contributed by atoms with van der Waals surface area (Å²) in [7, 11) is 0. The number of rotatable bonds is 6. The largest absolute Gasteiger partial charge is 0.309 e. The molecule has 41 heavy (non-hydrogen) atoms. The summed E-state index contributed by atoms with van der Waals surface area (Å²) in [5.41, 5.74) is 8.84. The molecule has 0 amide bonds. The van der Waals surface area contributed by atoms with E-state index in [4.69, 9.17) is 0 Å². The van der Waals surface area contributed by atoms with Crippen molar-refractivity contribution in [1.82, 2.24) is 19.1 Å². The fraction of sp³-hybridized carbons (Fsp3) is 0.0556. The van der Waals surface area contributed by atoms with Crippen LogP contribution >= 0.6 is 11.3 Å². The van der Waals surface area contributed by atoms with E-state index in [1.54, 1.807) is 0 Å². The van der Waals surface area contributed by atoms with E-state index in [0.29, 0.717) is 0 Å². The Kier molecular flexibility index (Phi) is 6.02. The second-order valence-corrected chi connectivity index (χ2v) is 11.0. The predicted octanol–water partition coefficient (Wildman–Crippen LogP) is 10.1. The number of pyridine rings is 2. The highest BCUT2D eigenvalue weighted by atomic mass is 32.1. The van der Waals surface area contributed by atoms with Gasteiger partial charge in [0.2, 0.25) is 0 Å². The van der Waals surface area contributed by atoms with Crippen molar-refractivity contribution in [3.8, 4) is 11.4 Å². The maximum absolute atomic E-state index is 4.40. The van der Waals surface area contributed by atoms with Crippen molar-refractivity contribution in [3.63, 3.8) is 0 Å². The summed E-state index contributed by atoms with van der Waals surface area (Å²) in [5, 5.41) is 4.66. The molecule has 0 aliphatic heterocycles. The number of thiophene rings is 1. The molecular formula is C36H28N4S. The van der Waals surface area contributed by atoms with Gasteiger partial charge in [0, 0.05) is 78.2 Å². The molecule has 0 aliphatic carbocycles. The molecule has 5 heteroatoms. The minimum Gasteiger partial charge on any atom is -0.309 e. The topological polar surface area (TPSA) is 35.6 Å². The maximum atomic E-state index is 4.40. The summed E-state index contributed by atoms with van der Waals surface area (Å²) in [4.78, 5) is 8.80.